The first kappa shape index (κ1) is 20.3. The minimum absolute atomic E-state index is 0.0178. The van der Waals surface area contributed by atoms with Crippen LogP contribution in [0.25, 0.3) is 0 Å². The lowest BCUT2D eigenvalue weighted by Gasteiger charge is -2.55. The Hall–Kier alpha value is -1.95. The highest BCUT2D eigenvalue weighted by Gasteiger charge is 2.70. The van der Waals surface area contributed by atoms with Crippen LogP contribution in [0.1, 0.15) is 46.1 Å². The Kier molecular flexibility index (Phi) is 5.40. The van der Waals surface area contributed by atoms with Gasteiger partial charge in [0.1, 0.15) is 5.54 Å². The Balaban J connectivity index is 1.65. The third kappa shape index (κ3) is 3.45. The van der Waals surface area contributed by atoms with Crippen molar-refractivity contribution in [3.63, 3.8) is 0 Å². The van der Waals surface area contributed by atoms with Crippen LogP contribution in [0.5, 0.6) is 0 Å². The summed E-state index contributed by atoms with van der Waals surface area (Å²) in [5.74, 6) is 1.57. The second-order valence-corrected chi connectivity index (χ2v) is 10.0. The van der Waals surface area contributed by atoms with Gasteiger partial charge in [0.25, 0.3) is 0 Å². The van der Waals surface area contributed by atoms with Gasteiger partial charge < -0.3 is 10.6 Å². The molecule has 5 rings (SSSR count). The maximum Gasteiger partial charge on any atom is 0.248 e. The number of carbonyl (C=O) groups is 2. The lowest BCUT2D eigenvalue weighted by atomic mass is 9.57. The topological polar surface area (TPSA) is 74.3 Å². The van der Waals surface area contributed by atoms with Crippen LogP contribution in [0.3, 0.4) is 0 Å². The Bertz CT molecular complexity index is 765. The molecular formula is C23H34N4O2. The number of carbonyl (C=O) groups excluding carboxylic acids is 2. The highest BCUT2D eigenvalue weighted by molar-refractivity contribution is 5.97. The molecule has 1 aromatic rings. The quantitative estimate of drug-likeness (QED) is 0.738. The van der Waals surface area contributed by atoms with Crippen molar-refractivity contribution < 1.29 is 9.59 Å². The first-order valence-electron chi connectivity index (χ1n) is 11.1. The molecule has 3 aliphatic heterocycles. The molecule has 29 heavy (non-hydrogen) atoms. The molecule has 0 unspecified atom stereocenters. The van der Waals surface area contributed by atoms with E-state index in [0.29, 0.717) is 18.4 Å². The van der Waals surface area contributed by atoms with Gasteiger partial charge in [0.05, 0.1) is 0 Å². The van der Waals surface area contributed by atoms with Crippen LogP contribution in [0.4, 0.5) is 0 Å². The smallest absolute Gasteiger partial charge is 0.248 e. The summed E-state index contributed by atoms with van der Waals surface area (Å²) in [6.45, 7) is 11.2. The second-order valence-electron chi connectivity index (χ2n) is 10.0. The number of pyridine rings is 1. The summed E-state index contributed by atoms with van der Waals surface area (Å²) in [7, 11) is 0. The number of likely N-dealkylation sites (tertiary alicyclic amines) is 1. The van der Waals surface area contributed by atoms with Crippen molar-refractivity contribution in [3.05, 3.63) is 30.1 Å². The lowest BCUT2D eigenvalue weighted by Crippen LogP contribution is -2.77. The Morgan fingerprint density at radius 2 is 2.00 bits per heavy atom. The van der Waals surface area contributed by atoms with Gasteiger partial charge in [-0.2, -0.15) is 0 Å². The zero-order valence-corrected chi connectivity index (χ0v) is 18.0. The SMILES string of the molecule is CC(C)C[C@H]1[C@@H]2N(CC(C)C)C[C@@H]3C[C@H]1C(=O)N[C@@]32C(=O)NCc1ccncc1. The summed E-state index contributed by atoms with van der Waals surface area (Å²) in [6, 6.07) is 3.91. The van der Waals surface area contributed by atoms with Crippen LogP contribution in [0.15, 0.2) is 24.5 Å². The fourth-order valence-corrected chi connectivity index (χ4v) is 6.11. The Labute approximate surface area is 173 Å². The molecule has 6 nitrogen and oxygen atoms in total. The van der Waals surface area contributed by atoms with Crippen molar-refractivity contribution in [1.29, 1.82) is 0 Å². The van der Waals surface area contributed by atoms with Crippen molar-refractivity contribution in [2.75, 3.05) is 13.1 Å². The summed E-state index contributed by atoms with van der Waals surface area (Å²) in [4.78, 5) is 33.2. The molecule has 0 radical (unpaired) electrons. The molecular weight excluding hydrogens is 364 g/mol. The zero-order chi connectivity index (χ0) is 20.8. The number of fused-ring (bicyclic) bond motifs is 1. The summed E-state index contributed by atoms with van der Waals surface area (Å²) in [5, 5.41) is 6.37. The molecule has 4 aliphatic rings. The van der Waals surface area contributed by atoms with Crippen molar-refractivity contribution in [2.45, 2.75) is 58.7 Å². The third-order valence-corrected chi connectivity index (χ3v) is 7.01. The van der Waals surface area contributed by atoms with Gasteiger partial charge in [0.15, 0.2) is 0 Å². The molecule has 2 amide bonds. The van der Waals surface area contributed by atoms with E-state index in [-0.39, 0.29) is 35.6 Å². The van der Waals surface area contributed by atoms with Crippen LogP contribution in [0, 0.1) is 29.6 Å². The molecule has 5 atom stereocenters. The van der Waals surface area contributed by atoms with E-state index >= 15 is 0 Å². The fourth-order valence-electron chi connectivity index (χ4n) is 6.11. The van der Waals surface area contributed by atoms with E-state index in [9.17, 15) is 9.59 Å². The van der Waals surface area contributed by atoms with Crippen molar-refractivity contribution >= 4 is 11.8 Å². The van der Waals surface area contributed by atoms with Crippen LogP contribution in [0.2, 0.25) is 0 Å². The van der Waals surface area contributed by atoms with Gasteiger partial charge in [-0.3, -0.25) is 19.5 Å². The number of hydrogen-bond acceptors (Lipinski definition) is 4. The average Bonchev–Trinajstić information content (AvgIpc) is 2.89. The van der Waals surface area contributed by atoms with E-state index in [4.69, 9.17) is 0 Å². The molecule has 4 heterocycles. The van der Waals surface area contributed by atoms with E-state index in [1.54, 1.807) is 12.4 Å². The minimum Gasteiger partial charge on any atom is -0.350 e. The molecule has 158 valence electrons. The molecule has 1 aromatic heterocycles. The first-order chi connectivity index (χ1) is 13.8. The molecule has 4 fully saturated rings. The van der Waals surface area contributed by atoms with E-state index in [0.717, 1.165) is 31.5 Å². The van der Waals surface area contributed by atoms with Gasteiger partial charge in [-0.1, -0.05) is 27.7 Å². The second kappa shape index (κ2) is 7.71. The van der Waals surface area contributed by atoms with Gasteiger partial charge in [-0.15, -0.1) is 0 Å². The predicted octanol–water partition coefficient (Wildman–Crippen LogP) is 2.21. The number of nitrogens with zero attached hydrogens (tertiary/aromatic N) is 2. The van der Waals surface area contributed by atoms with Gasteiger partial charge in [0, 0.05) is 49.9 Å². The Morgan fingerprint density at radius 1 is 1.28 bits per heavy atom. The highest BCUT2D eigenvalue weighted by atomic mass is 16.2. The minimum atomic E-state index is -0.798. The summed E-state index contributed by atoms with van der Waals surface area (Å²) >= 11 is 0. The monoisotopic (exact) mass is 398 g/mol. The number of aromatic nitrogens is 1. The molecule has 1 saturated carbocycles. The van der Waals surface area contributed by atoms with Gasteiger partial charge in [-0.05, 0) is 48.3 Å². The van der Waals surface area contributed by atoms with Crippen molar-refractivity contribution in [2.24, 2.45) is 29.6 Å². The highest BCUT2D eigenvalue weighted by Crippen LogP contribution is 2.54. The van der Waals surface area contributed by atoms with E-state index in [1.807, 2.05) is 12.1 Å². The third-order valence-electron chi connectivity index (χ3n) is 7.01. The molecule has 3 saturated heterocycles. The van der Waals surface area contributed by atoms with Crippen LogP contribution < -0.4 is 10.6 Å². The number of hydrogen-bond donors (Lipinski definition) is 2. The fraction of sp³-hybridized carbons (Fsp3) is 0.696. The number of amides is 2. The Morgan fingerprint density at radius 3 is 2.66 bits per heavy atom. The standard InChI is InChI=1S/C23H34N4O2/c1-14(2)9-18-19-10-17-13-27(12-15(3)4)20(18)23(17,26-21(19)28)22(29)25-11-16-5-7-24-8-6-16/h5-8,14-15,17-20H,9-13H2,1-4H3,(H,25,29)(H,26,28)/t17-,18+,19+,20-,23-/m0/s1. The predicted molar refractivity (Wildman–Crippen MR) is 112 cm³/mol. The van der Waals surface area contributed by atoms with Gasteiger partial charge in [0.2, 0.25) is 11.8 Å². The molecule has 4 bridgehead atoms. The summed E-state index contributed by atoms with van der Waals surface area (Å²) < 4.78 is 0. The molecule has 0 spiro atoms. The van der Waals surface area contributed by atoms with Crippen LogP contribution in [-0.2, 0) is 16.1 Å². The maximum atomic E-state index is 13.7. The van der Waals surface area contributed by atoms with Crippen LogP contribution >= 0.6 is 0 Å². The van der Waals surface area contributed by atoms with Crippen LogP contribution in [-0.4, -0.2) is 46.4 Å². The molecule has 2 N–H and O–H groups in total. The van der Waals surface area contributed by atoms with E-state index < -0.39 is 5.54 Å². The molecule has 6 heteroatoms. The van der Waals surface area contributed by atoms with Crippen molar-refractivity contribution in [3.8, 4) is 0 Å². The normalized spacial score (nSPS) is 33.4. The largest absolute Gasteiger partial charge is 0.350 e. The van der Waals surface area contributed by atoms with Gasteiger partial charge in [-0.25, -0.2) is 0 Å². The lowest BCUT2D eigenvalue weighted by molar-refractivity contribution is -0.155. The number of nitrogens with one attached hydrogen (secondary N) is 2. The van der Waals surface area contributed by atoms with Gasteiger partial charge >= 0.3 is 0 Å². The molecule has 0 aromatic carbocycles. The number of piperidine rings is 2. The van der Waals surface area contributed by atoms with E-state index in [1.165, 1.54) is 0 Å². The van der Waals surface area contributed by atoms with Crippen molar-refractivity contribution in [1.82, 2.24) is 20.5 Å². The van der Waals surface area contributed by atoms with E-state index in [2.05, 4.69) is 48.2 Å². The summed E-state index contributed by atoms with van der Waals surface area (Å²) in [5.41, 5.74) is 0.221. The average molecular weight is 399 g/mol. The zero-order valence-electron chi connectivity index (χ0n) is 18.0. The number of rotatable bonds is 7. The summed E-state index contributed by atoms with van der Waals surface area (Å²) in [6.07, 6.45) is 5.29. The molecule has 1 aliphatic carbocycles. The maximum absolute atomic E-state index is 13.7. The first-order valence-corrected chi connectivity index (χ1v) is 11.1.